The molecule has 6 aromatic heterocycles. The number of amides is 6. The number of aromatic nitrogens is 12. The second-order valence-electron chi connectivity index (χ2n) is 30.2. The predicted molar refractivity (Wildman–Crippen MR) is 402 cm³/mol. The van der Waals surface area contributed by atoms with Gasteiger partial charge in [-0.25, -0.2) is 22.8 Å². The first-order valence-corrected chi connectivity index (χ1v) is 36.9. The van der Waals surface area contributed by atoms with Gasteiger partial charge in [-0.2, -0.15) is 70.1 Å². The van der Waals surface area contributed by atoms with E-state index in [1.54, 1.807) is 55.7 Å². The summed E-state index contributed by atoms with van der Waals surface area (Å²) in [6, 6.07) is 8.70. The number of nitrogens with zero attached hydrogens (tertiary/aromatic N) is 15. The lowest BCUT2D eigenvalue weighted by atomic mass is 9.65. The monoisotopic (exact) mass is 1650 g/mol. The van der Waals surface area contributed by atoms with Crippen LogP contribution in [0.2, 0.25) is 5.02 Å². The van der Waals surface area contributed by atoms with Crippen LogP contribution in [0.3, 0.4) is 0 Å². The number of anilines is 3. The SMILES string of the molecule is CC#CC(=O)N1CCC2(CC(n3nc(-c4cnn(Cc5cc(F)ccc5C(F)(F)F)c4)c(C(N)=O)c3N)C2)C1.CC#CC(=O)N1CCC2(CC(n3nc(-c4cnn(Cc5ccc(Cl)c(C(F)(F)F)c5)c4)c(C(N)=O)c3N)C2)C1.CC#CC(=O)N1CCC2(CC(n3nc(-c4cnn(Cc5cccc(F)c5C(F)(F)F)c4)c(C(N)=O)c3N)C2)C1. The standard InChI is InChI=1S/C26H25ClF3N7O2.2C26H25F4N7O2/c1-2-3-20(38)35-7-6-25(14-35)9-17(10-25)37-23(31)21(24(32)39)22(34-37)16-11-33-36(13-16)12-15-4-5-19(27)18(8-15)26(28,29)30;1-2-4-19(38)35-8-7-25(14-35)9-17(10-25)37-23(31)20(24(32)39)22(34-37)16-11-33-36(13-16)12-15-5-3-6-18(27)21(15)26(28,29)30;1-2-3-20(38)35-7-6-25(14-35)9-18(10-25)37-23(31)21(24(32)39)22(34-37)16-11-33-36(13-16)12-15-8-17(27)4-5-19(15)26(28,29)30/h4-5,8,11,13,17H,6-7,9-10,12,14,31H2,1H3,(H2,32,39);3,5-6,11,13,17H,7-10,12,14,31H2,1H3,(H2,32,39);4-5,8,11,13,18H,6-7,9-10,12,14,31H2,1H3,(H2,32,39). The molecule has 3 saturated heterocycles. The average molecular weight is 1650 g/mol. The largest absolute Gasteiger partial charge is 0.419 e. The lowest BCUT2D eigenvalue weighted by Crippen LogP contribution is -2.42. The van der Waals surface area contributed by atoms with Crippen molar-refractivity contribution in [3.05, 3.63) is 159 Å². The maximum Gasteiger partial charge on any atom is 0.419 e. The molecule has 3 aliphatic heterocycles. The third kappa shape index (κ3) is 16.7. The number of likely N-dealkylation sites (tertiary alicyclic amines) is 3. The smallest absolute Gasteiger partial charge is 0.383 e. The van der Waals surface area contributed by atoms with E-state index in [0.29, 0.717) is 93.3 Å². The molecule has 39 heteroatoms. The lowest BCUT2D eigenvalue weighted by molar-refractivity contribution is -0.141. The van der Waals surface area contributed by atoms with Crippen molar-refractivity contribution in [3.8, 4) is 69.3 Å². The maximum absolute atomic E-state index is 14.0. The van der Waals surface area contributed by atoms with Crippen LogP contribution in [-0.4, -0.2) is 148 Å². The van der Waals surface area contributed by atoms with Gasteiger partial charge in [0.25, 0.3) is 35.4 Å². The minimum absolute atomic E-state index is 0.0151. The number of rotatable bonds is 15. The third-order valence-corrected chi connectivity index (χ3v) is 22.7. The third-order valence-electron chi connectivity index (χ3n) is 22.3. The molecule has 3 aromatic carbocycles. The van der Waals surface area contributed by atoms with Crippen LogP contribution < -0.4 is 34.4 Å². The second-order valence-corrected chi connectivity index (χ2v) is 30.6. The molecule has 9 aromatic rings. The van der Waals surface area contributed by atoms with Crippen LogP contribution in [0, 0.1) is 63.4 Å². The fraction of sp³-hybridized carbons (Fsp3) is 0.385. The summed E-state index contributed by atoms with van der Waals surface area (Å²) >= 11 is 5.72. The molecule has 6 fully saturated rings. The number of carbonyl (C=O) groups excluding carboxylic acids is 6. The molecule has 0 radical (unpaired) electrons. The van der Waals surface area contributed by atoms with Gasteiger partial charge in [-0.05, 0) is 166 Å². The Morgan fingerprint density at radius 1 is 0.479 bits per heavy atom. The van der Waals surface area contributed by atoms with Gasteiger partial charge in [-0.3, -0.25) is 42.8 Å². The quantitative estimate of drug-likeness (QED) is 0.0410. The van der Waals surface area contributed by atoms with Crippen LogP contribution in [0.1, 0.15) is 161 Å². The van der Waals surface area contributed by atoms with Gasteiger partial charge < -0.3 is 49.1 Å². The van der Waals surface area contributed by atoms with E-state index in [1.165, 1.54) is 69.3 Å². The summed E-state index contributed by atoms with van der Waals surface area (Å²) in [4.78, 5) is 78.6. The van der Waals surface area contributed by atoms with Crippen molar-refractivity contribution >= 4 is 64.5 Å². The molecule has 0 atom stereocenters. The molecule has 612 valence electrons. The average Bonchev–Trinajstić information content (AvgIpc) is 1.60. The summed E-state index contributed by atoms with van der Waals surface area (Å²) in [5, 5.41) is 25.7. The van der Waals surface area contributed by atoms with Crippen molar-refractivity contribution in [2.24, 2.45) is 33.4 Å². The van der Waals surface area contributed by atoms with Crippen molar-refractivity contribution in [1.82, 2.24) is 73.4 Å². The minimum Gasteiger partial charge on any atom is -0.383 e. The normalized spacial score (nSPS) is 20.5. The number of nitrogens with two attached hydrogens (primary N) is 6. The topological polar surface area (TPSA) is 375 Å². The van der Waals surface area contributed by atoms with Crippen LogP contribution >= 0.6 is 11.6 Å². The Kier molecular flexibility index (Phi) is 22.2. The van der Waals surface area contributed by atoms with Gasteiger partial charge in [0.1, 0.15) is 62.9 Å². The zero-order valence-electron chi connectivity index (χ0n) is 62.8. The Bertz CT molecular complexity index is 5490. The van der Waals surface area contributed by atoms with E-state index in [-0.39, 0.29) is 139 Å². The minimum atomic E-state index is -4.88. The number of alkyl halides is 9. The Labute approximate surface area is 664 Å². The molecule has 117 heavy (non-hydrogen) atoms. The molecule has 0 unspecified atom stereocenters. The molecule has 12 N–H and O–H groups in total. The predicted octanol–water partition coefficient (Wildman–Crippen LogP) is 10.1. The number of carbonyl (C=O) groups is 6. The molecule has 0 bridgehead atoms. The van der Waals surface area contributed by atoms with Crippen LogP contribution in [0.25, 0.3) is 33.8 Å². The summed E-state index contributed by atoms with van der Waals surface area (Å²) in [6.45, 7) is 7.82. The fourth-order valence-electron chi connectivity index (χ4n) is 16.9. The molecule has 3 saturated carbocycles. The zero-order valence-corrected chi connectivity index (χ0v) is 63.5. The summed E-state index contributed by atoms with van der Waals surface area (Å²) < 4.78 is 156. The van der Waals surface area contributed by atoms with Crippen molar-refractivity contribution in [1.29, 1.82) is 0 Å². The van der Waals surface area contributed by atoms with Crippen molar-refractivity contribution in [3.63, 3.8) is 0 Å². The van der Waals surface area contributed by atoms with Crippen molar-refractivity contribution in [2.75, 3.05) is 56.5 Å². The lowest BCUT2D eigenvalue weighted by Gasteiger charge is -2.45. The Morgan fingerprint density at radius 2 is 0.846 bits per heavy atom. The summed E-state index contributed by atoms with van der Waals surface area (Å²) in [5.74, 6) is 10.8. The summed E-state index contributed by atoms with van der Waals surface area (Å²) in [5.41, 5.74) is 33.8. The molecular formula is C78H75ClF11N21O6. The van der Waals surface area contributed by atoms with E-state index in [1.807, 2.05) is 0 Å². The van der Waals surface area contributed by atoms with E-state index in [0.717, 1.165) is 56.4 Å². The van der Waals surface area contributed by atoms with Gasteiger partial charge >= 0.3 is 18.5 Å². The molecule has 27 nitrogen and oxygen atoms in total. The van der Waals surface area contributed by atoms with E-state index >= 15 is 0 Å². The van der Waals surface area contributed by atoms with E-state index in [4.69, 9.17) is 46.0 Å². The van der Waals surface area contributed by atoms with Gasteiger partial charge in [-0.1, -0.05) is 47.6 Å². The Morgan fingerprint density at radius 3 is 1.20 bits per heavy atom. The van der Waals surface area contributed by atoms with E-state index in [9.17, 15) is 77.1 Å². The molecular weight excluding hydrogens is 1570 g/mol. The summed E-state index contributed by atoms with van der Waals surface area (Å²) in [6.07, 6.45) is 1.11. The molecule has 15 rings (SSSR count). The summed E-state index contributed by atoms with van der Waals surface area (Å²) in [7, 11) is 0. The second kappa shape index (κ2) is 31.5. The zero-order chi connectivity index (χ0) is 84.3. The van der Waals surface area contributed by atoms with Gasteiger partial charge in [0.15, 0.2) is 0 Å². The van der Waals surface area contributed by atoms with Gasteiger partial charge in [0.2, 0.25) is 0 Å². The highest BCUT2D eigenvalue weighted by atomic mass is 35.5. The van der Waals surface area contributed by atoms with Crippen LogP contribution in [0.5, 0.6) is 0 Å². The van der Waals surface area contributed by atoms with Crippen molar-refractivity contribution in [2.45, 2.75) is 135 Å². The molecule has 3 aliphatic carbocycles. The molecule has 6 amide bonds. The van der Waals surface area contributed by atoms with Crippen LogP contribution in [0.15, 0.2) is 91.8 Å². The Hall–Kier alpha value is -12.7. The van der Waals surface area contributed by atoms with E-state index < -0.39 is 64.6 Å². The highest BCUT2D eigenvalue weighted by molar-refractivity contribution is 6.31. The number of benzene rings is 3. The molecule has 6 aliphatic rings. The van der Waals surface area contributed by atoms with Crippen molar-refractivity contribution < 1.29 is 77.1 Å². The first kappa shape index (κ1) is 82.3. The van der Waals surface area contributed by atoms with Gasteiger partial charge in [0.05, 0.1) is 78.1 Å². The number of primary amides is 3. The van der Waals surface area contributed by atoms with Gasteiger partial charge in [-0.15, -0.1) is 0 Å². The van der Waals surface area contributed by atoms with E-state index in [2.05, 4.69) is 66.1 Å². The van der Waals surface area contributed by atoms with Crippen LogP contribution in [0.4, 0.5) is 65.7 Å². The highest BCUT2D eigenvalue weighted by Crippen LogP contribution is 2.58. The van der Waals surface area contributed by atoms with Crippen LogP contribution in [-0.2, 0) is 52.5 Å². The Balaban J connectivity index is 0.000000152. The fourth-order valence-corrected chi connectivity index (χ4v) is 17.1. The number of hydrogen-bond acceptors (Lipinski definition) is 15. The molecule has 9 heterocycles. The highest BCUT2D eigenvalue weighted by Gasteiger charge is 2.54. The molecule has 3 spiro atoms. The van der Waals surface area contributed by atoms with Gasteiger partial charge in [0, 0.05) is 74.5 Å². The first-order valence-electron chi connectivity index (χ1n) is 36.6. The number of hydrogen-bond donors (Lipinski definition) is 6. The first-order chi connectivity index (χ1) is 55.2. The number of halogens is 12. The number of nitrogen functional groups attached to an aromatic ring is 3. The maximum atomic E-state index is 14.0.